The quantitative estimate of drug-likeness (QED) is 0.785. The Morgan fingerprint density at radius 1 is 1.43 bits per heavy atom. The van der Waals surface area contributed by atoms with Gasteiger partial charge < -0.3 is 16.0 Å². The Hall–Kier alpha value is -0.890. The molecule has 1 rings (SSSR count). The van der Waals surface area contributed by atoms with Crippen LogP contribution < -0.4 is 11.1 Å². The first-order valence-corrected chi connectivity index (χ1v) is 6.59. The molecule has 3 N–H and O–H groups in total. The highest BCUT2D eigenvalue weighted by Gasteiger charge is 2.18. The van der Waals surface area contributed by atoms with E-state index < -0.39 is 0 Å². The maximum atomic E-state index is 11.8. The number of carbonyl (C=O) groups is 2. The number of hydrogen-bond donors (Lipinski definition) is 2. The number of nitrogens with one attached hydrogen (secondary N) is 1. The molecule has 0 bridgehead atoms. The summed E-state index contributed by atoms with van der Waals surface area (Å²) in [6.45, 7) is 1.97. The van der Waals surface area contributed by atoms with Gasteiger partial charge in [0.25, 0.3) is 0 Å². The van der Waals surface area contributed by atoms with E-state index in [9.17, 15) is 9.59 Å². The zero-order valence-corrected chi connectivity index (χ0v) is 14.9. The van der Waals surface area contributed by atoms with E-state index in [0.717, 1.165) is 4.47 Å². The lowest BCUT2D eigenvalue weighted by atomic mass is 10.1. The summed E-state index contributed by atoms with van der Waals surface area (Å²) in [5, 5.41) is 2.62. The van der Waals surface area contributed by atoms with E-state index in [2.05, 4.69) is 26.2 Å². The molecule has 0 spiro atoms. The first kappa shape index (κ1) is 22.4. The summed E-state index contributed by atoms with van der Waals surface area (Å²) in [6, 6.07) is 3.44. The molecular formula is C12H19BrCl2N4O2. The Balaban J connectivity index is 0. The first-order valence-electron chi connectivity index (χ1n) is 5.80. The number of halogens is 3. The minimum Gasteiger partial charge on any atom is -0.336 e. The van der Waals surface area contributed by atoms with Gasteiger partial charge in [-0.3, -0.25) is 9.59 Å². The van der Waals surface area contributed by atoms with E-state index in [1.165, 1.54) is 4.90 Å². The fraction of sp³-hybridized carbons (Fsp3) is 0.417. The molecule has 1 atom stereocenters. The molecular weight excluding hydrogens is 383 g/mol. The molecule has 21 heavy (non-hydrogen) atoms. The van der Waals surface area contributed by atoms with E-state index in [1.807, 2.05) is 0 Å². The molecule has 0 radical (unpaired) electrons. The van der Waals surface area contributed by atoms with E-state index in [-0.39, 0.29) is 55.6 Å². The van der Waals surface area contributed by atoms with Gasteiger partial charge in [-0.2, -0.15) is 0 Å². The van der Waals surface area contributed by atoms with Crippen LogP contribution in [0.2, 0.25) is 0 Å². The molecule has 120 valence electrons. The second-order valence-corrected chi connectivity index (χ2v) is 5.16. The molecule has 2 amide bonds. The predicted molar refractivity (Wildman–Crippen MR) is 90.9 cm³/mol. The van der Waals surface area contributed by atoms with Crippen LogP contribution in [0.5, 0.6) is 0 Å². The molecule has 1 aromatic heterocycles. The van der Waals surface area contributed by atoms with Gasteiger partial charge in [0, 0.05) is 30.2 Å². The zero-order chi connectivity index (χ0) is 14.4. The summed E-state index contributed by atoms with van der Waals surface area (Å²) < 4.78 is 0.828. The van der Waals surface area contributed by atoms with Crippen LogP contribution in [-0.2, 0) is 9.59 Å². The van der Waals surface area contributed by atoms with Crippen molar-refractivity contribution < 1.29 is 9.59 Å². The van der Waals surface area contributed by atoms with Crippen molar-refractivity contribution in [1.82, 2.24) is 9.88 Å². The Morgan fingerprint density at radius 2 is 2.05 bits per heavy atom. The molecule has 0 aromatic carbocycles. The highest BCUT2D eigenvalue weighted by molar-refractivity contribution is 9.10. The molecule has 0 aliphatic heterocycles. The summed E-state index contributed by atoms with van der Waals surface area (Å²) in [5.74, 6) is -0.291. The average molecular weight is 402 g/mol. The third-order valence-corrected chi connectivity index (χ3v) is 3.00. The van der Waals surface area contributed by atoms with E-state index in [4.69, 9.17) is 5.73 Å². The summed E-state index contributed by atoms with van der Waals surface area (Å²) in [4.78, 5) is 28.9. The topological polar surface area (TPSA) is 88.3 Å². The lowest BCUT2D eigenvalue weighted by Crippen LogP contribution is -2.39. The first-order chi connectivity index (χ1) is 8.93. The van der Waals surface area contributed by atoms with Crippen molar-refractivity contribution in [1.29, 1.82) is 0 Å². The van der Waals surface area contributed by atoms with Crippen molar-refractivity contribution in [2.24, 2.45) is 11.7 Å². The van der Waals surface area contributed by atoms with Crippen LogP contribution in [-0.4, -0.2) is 41.8 Å². The van der Waals surface area contributed by atoms with Crippen molar-refractivity contribution in [3.05, 3.63) is 22.8 Å². The van der Waals surface area contributed by atoms with Crippen LogP contribution in [0.1, 0.15) is 6.92 Å². The van der Waals surface area contributed by atoms with Crippen molar-refractivity contribution in [3.8, 4) is 0 Å². The number of rotatable bonds is 5. The summed E-state index contributed by atoms with van der Waals surface area (Å²) in [7, 11) is 1.57. The number of carbonyl (C=O) groups excluding carboxylic acids is 2. The van der Waals surface area contributed by atoms with Gasteiger partial charge in [-0.15, -0.1) is 24.8 Å². The van der Waals surface area contributed by atoms with Crippen LogP contribution in [0, 0.1) is 5.92 Å². The van der Waals surface area contributed by atoms with Crippen LogP contribution in [0.3, 0.4) is 0 Å². The number of pyridine rings is 1. The molecule has 0 aliphatic rings. The molecule has 1 heterocycles. The van der Waals surface area contributed by atoms with Crippen molar-refractivity contribution in [2.45, 2.75) is 6.92 Å². The van der Waals surface area contributed by atoms with Crippen LogP contribution in [0.15, 0.2) is 22.8 Å². The number of amides is 2. The smallest absolute Gasteiger partial charge is 0.245 e. The van der Waals surface area contributed by atoms with Gasteiger partial charge in [0.15, 0.2) is 0 Å². The third kappa shape index (κ3) is 7.61. The zero-order valence-electron chi connectivity index (χ0n) is 11.7. The van der Waals surface area contributed by atoms with Crippen LogP contribution in [0.4, 0.5) is 5.82 Å². The average Bonchev–Trinajstić information content (AvgIpc) is 2.39. The fourth-order valence-corrected chi connectivity index (χ4v) is 1.64. The number of hydrogen-bond acceptors (Lipinski definition) is 4. The summed E-state index contributed by atoms with van der Waals surface area (Å²) in [6.07, 6.45) is 1.58. The number of likely N-dealkylation sites (N-methyl/N-ethyl adjacent to an activating group) is 1. The molecule has 0 saturated carbocycles. The van der Waals surface area contributed by atoms with Crippen LogP contribution in [0.25, 0.3) is 0 Å². The summed E-state index contributed by atoms with van der Waals surface area (Å²) >= 11 is 3.25. The summed E-state index contributed by atoms with van der Waals surface area (Å²) in [5.41, 5.74) is 5.42. The number of anilines is 1. The van der Waals surface area contributed by atoms with Crippen molar-refractivity contribution in [2.75, 3.05) is 25.5 Å². The molecule has 0 saturated heterocycles. The van der Waals surface area contributed by atoms with E-state index in [1.54, 1.807) is 32.3 Å². The molecule has 6 nitrogen and oxygen atoms in total. The number of nitrogens with two attached hydrogens (primary N) is 1. The Morgan fingerprint density at radius 3 is 2.52 bits per heavy atom. The van der Waals surface area contributed by atoms with Crippen molar-refractivity contribution >= 4 is 58.4 Å². The minimum absolute atomic E-state index is 0. The van der Waals surface area contributed by atoms with Gasteiger partial charge in [-0.25, -0.2) is 4.98 Å². The van der Waals surface area contributed by atoms with Crippen molar-refractivity contribution in [3.63, 3.8) is 0 Å². The third-order valence-electron chi connectivity index (χ3n) is 2.53. The Bertz CT molecular complexity index is 459. The second kappa shape index (κ2) is 10.8. The molecule has 1 unspecified atom stereocenters. The van der Waals surface area contributed by atoms with Gasteiger partial charge in [-0.05, 0) is 28.1 Å². The maximum Gasteiger partial charge on any atom is 0.245 e. The molecule has 0 fully saturated rings. The number of nitrogens with zero attached hydrogens (tertiary/aromatic N) is 2. The van der Waals surface area contributed by atoms with E-state index >= 15 is 0 Å². The Labute approximate surface area is 144 Å². The molecule has 0 aliphatic carbocycles. The van der Waals surface area contributed by atoms with Gasteiger partial charge in [-0.1, -0.05) is 6.92 Å². The Kier molecular flexibility index (Phi) is 11.5. The molecule has 1 aromatic rings. The second-order valence-electron chi connectivity index (χ2n) is 4.24. The minimum atomic E-state index is -0.296. The fourth-order valence-electron chi connectivity index (χ4n) is 1.40. The number of aromatic nitrogens is 1. The lowest BCUT2D eigenvalue weighted by Gasteiger charge is -2.19. The normalized spacial score (nSPS) is 10.7. The lowest BCUT2D eigenvalue weighted by molar-refractivity contribution is -0.136. The predicted octanol–water partition coefficient (Wildman–Crippen LogP) is 1.68. The highest BCUT2D eigenvalue weighted by Crippen LogP contribution is 2.10. The SMILES string of the molecule is CC(CN)C(=O)N(C)CC(=O)Nc1ccc(Br)cn1.Cl.Cl. The monoisotopic (exact) mass is 400 g/mol. The standard InChI is InChI=1S/C12H17BrN4O2.2ClH/c1-8(5-14)12(19)17(2)7-11(18)16-10-4-3-9(13)6-15-10;;/h3-4,6,8H,5,7,14H2,1-2H3,(H,15,16,18);2*1H. The van der Waals surface area contributed by atoms with Gasteiger partial charge in [0.05, 0.1) is 6.54 Å². The largest absolute Gasteiger partial charge is 0.336 e. The van der Waals surface area contributed by atoms with Crippen LogP contribution >= 0.6 is 40.7 Å². The van der Waals surface area contributed by atoms with Gasteiger partial charge in [0.1, 0.15) is 5.82 Å². The van der Waals surface area contributed by atoms with Gasteiger partial charge in [0.2, 0.25) is 11.8 Å². The molecule has 9 heteroatoms. The van der Waals surface area contributed by atoms with Gasteiger partial charge >= 0.3 is 0 Å². The highest BCUT2D eigenvalue weighted by atomic mass is 79.9. The van der Waals surface area contributed by atoms with E-state index in [0.29, 0.717) is 5.82 Å². The maximum absolute atomic E-state index is 11.8.